The highest BCUT2D eigenvalue weighted by molar-refractivity contribution is 5.22. The van der Waals surface area contributed by atoms with Crippen LogP contribution in [-0.4, -0.2) is 15.8 Å². The molecular weight excluding hydrogens is 229 g/mol. The zero-order chi connectivity index (χ0) is 13.1. The Morgan fingerprint density at radius 3 is 2.50 bits per heavy atom. The van der Waals surface area contributed by atoms with E-state index in [1.165, 1.54) is 12.1 Å². The van der Waals surface area contributed by atoms with Crippen LogP contribution in [0.15, 0.2) is 36.7 Å². The van der Waals surface area contributed by atoms with E-state index in [1.54, 1.807) is 18.3 Å². The molecule has 0 bridgehead atoms. The fourth-order valence-corrected chi connectivity index (χ4v) is 2.06. The lowest BCUT2D eigenvalue weighted by Gasteiger charge is -2.24. The van der Waals surface area contributed by atoms with Gasteiger partial charge in [-0.2, -0.15) is 5.10 Å². The van der Waals surface area contributed by atoms with Gasteiger partial charge >= 0.3 is 0 Å². The Balaban J connectivity index is 2.39. The van der Waals surface area contributed by atoms with Gasteiger partial charge in [0.25, 0.3) is 0 Å². The maximum Gasteiger partial charge on any atom is 0.123 e. The van der Waals surface area contributed by atoms with Crippen molar-refractivity contribution in [3.8, 4) is 0 Å². The van der Waals surface area contributed by atoms with Crippen LogP contribution in [0.2, 0.25) is 0 Å². The number of hydrogen-bond acceptors (Lipinski definition) is 2. The van der Waals surface area contributed by atoms with Gasteiger partial charge in [0.05, 0.1) is 12.2 Å². The summed E-state index contributed by atoms with van der Waals surface area (Å²) < 4.78 is 14.8. The van der Waals surface area contributed by atoms with Crippen molar-refractivity contribution in [1.29, 1.82) is 0 Å². The van der Waals surface area contributed by atoms with Crippen LogP contribution < -0.4 is 5.73 Å². The largest absolute Gasteiger partial charge is 0.326 e. The molecule has 0 fully saturated rings. The maximum absolute atomic E-state index is 13.0. The Kier molecular flexibility index (Phi) is 3.77. The van der Waals surface area contributed by atoms with Gasteiger partial charge in [0.15, 0.2) is 0 Å². The van der Waals surface area contributed by atoms with Crippen molar-refractivity contribution in [2.45, 2.75) is 32.4 Å². The minimum Gasteiger partial charge on any atom is -0.326 e. The average molecular weight is 247 g/mol. The fraction of sp³-hybridized carbons (Fsp3) is 0.357. The van der Waals surface area contributed by atoms with Crippen molar-refractivity contribution in [3.63, 3.8) is 0 Å². The van der Waals surface area contributed by atoms with Crippen molar-refractivity contribution in [2.24, 2.45) is 5.73 Å². The molecule has 1 aromatic carbocycles. The Labute approximate surface area is 106 Å². The van der Waals surface area contributed by atoms with Crippen molar-refractivity contribution < 1.29 is 4.39 Å². The quantitative estimate of drug-likeness (QED) is 0.902. The molecule has 0 spiro atoms. The van der Waals surface area contributed by atoms with E-state index < -0.39 is 0 Å². The smallest absolute Gasteiger partial charge is 0.123 e. The number of benzene rings is 1. The topological polar surface area (TPSA) is 43.8 Å². The van der Waals surface area contributed by atoms with Gasteiger partial charge in [-0.1, -0.05) is 19.1 Å². The van der Waals surface area contributed by atoms with Gasteiger partial charge in [0.1, 0.15) is 5.82 Å². The van der Waals surface area contributed by atoms with E-state index in [2.05, 4.69) is 5.10 Å². The number of halogens is 1. The molecular formula is C14H18FN3. The van der Waals surface area contributed by atoms with E-state index in [0.29, 0.717) is 0 Å². The monoisotopic (exact) mass is 247 g/mol. The van der Waals surface area contributed by atoms with E-state index >= 15 is 0 Å². The Morgan fingerprint density at radius 1 is 1.33 bits per heavy atom. The third-order valence-corrected chi connectivity index (χ3v) is 3.10. The second kappa shape index (κ2) is 5.31. The standard InChI is InChI=1S/C14H18FN3/c1-3-13(16)14(18-9-10(2)8-17-18)11-4-6-12(15)7-5-11/h4-9,13-14H,3,16H2,1-2H3. The molecule has 3 nitrogen and oxygen atoms in total. The van der Waals surface area contributed by atoms with E-state index in [1.807, 2.05) is 24.7 Å². The molecule has 0 aliphatic carbocycles. The van der Waals surface area contributed by atoms with Crippen molar-refractivity contribution >= 4 is 0 Å². The summed E-state index contributed by atoms with van der Waals surface area (Å²) >= 11 is 0. The van der Waals surface area contributed by atoms with Crippen molar-refractivity contribution in [2.75, 3.05) is 0 Å². The van der Waals surface area contributed by atoms with E-state index in [0.717, 1.165) is 17.5 Å². The van der Waals surface area contributed by atoms with Gasteiger partial charge in [0.2, 0.25) is 0 Å². The normalized spacial score (nSPS) is 14.4. The zero-order valence-corrected chi connectivity index (χ0v) is 10.7. The fourth-order valence-electron chi connectivity index (χ4n) is 2.06. The molecule has 0 radical (unpaired) electrons. The molecule has 0 aliphatic heterocycles. The second-order valence-electron chi connectivity index (χ2n) is 4.57. The van der Waals surface area contributed by atoms with Gasteiger partial charge in [-0.3, -0.25) is 4.68 Å². The summed E-state index contributed by atoms with van der Waals surface area (Å²) in [5, 5.41) is 4.33. The van der Waals surface area contributed by atoms with Gasteiger partial charge in [-0.15, -0.1) is 0 Å². The summed E-state index contributed by atoms with van der Waals surface area (Å²) in [6.07, 6.45) is 4.60. The zero-order valence-electron chi connectivity index (χ0n) is 10.7. The first-order valence-electron chi connectivity index (χ1n) is 6.13. The van der Waals surface area contributed by atoms with Crippen molar-refractivity contribution in [3.05, 3.63) is 53.6 Å². The van der Waals surface area contributed by atoms with Crippen molar-refractivity contribution in [1.82, 2.24) is 9.78 Å². The molecule has 0 saturated heterocycles. The molecule has 0 saturated carbocycles. The third-order valence-electron chi connectivity index (χ3n) is 3.10. The van der Waals surface area contributed by atoms with Crippen LogP contribution in [0.4, 0.5) is 4.39 Å². The van der Waals surface area contributed by atoms with Crippen LogP contribution in [0.3, 0.4) is 0 Å². The van der Waals surface area contributed by atoms with Gasteiger partial charge in [-0.25, -0.2) is 4.39 Å². The Morgan fingerprint density at radius 2 is 2.00 bits per heavy atom. The lowest BCUT2D eigenvalue weighted by molar-refractivity contribution is 0.423. The van der Waals surface area contributed by atoms with Crippen LogP contribution in [0.25, 0.3) is 0 Å². The van der Waals surface area contributed by atoms with E-state index in [9.17, 15) is 4.39 Å². The lowest BCUT2D eigenvalue weighted by atomic mass is 9.98. The minimum absolute atomic E-state index is 0.0465. The van der Waals surface area contributed by atoms with Gasteiger partial charge in [-0.05, 0) is 36.6 Å². The van der Waals surface area contributed by atoms with Crippen LogP contribution in [-0.2, 0) is 0 Å². The molecule has 4 heteroatoms. The molecule has 0 aliphatic rings. The predicted molar refractivity (Wildman–Crippen MR) is 69.8 cm³/mol. The van der Waals surface area contributed by atoms with Crippen LogP contribution in [0.5, 0.6) is 0 Å². The predicted octanol–water partition coefficient (Wildman–Crippen LogP) is 2.66. The maximum atomic E-state index is 13.0. The number of nitrogens with two attached hydrogens (primary N) is 1. The Bertz CT molecular complexity index is 504. The molecule has 0 amide bonds. The summed E-state index contributed by atoms with van der Waals surface area (Å²) in [4.78, 5) is 0. The summed E-state index contributed by atoms with van der Waals surface area (Å²) in [5.41, 5.74) is 8.24. The molecule has 1 heterocycles. The molecule has 2 aromatic rings. The summed E-state index contributed by atoms with van der Waals surface area (Å²) in [5.74, 6) is -0.237. The van der Waals surface area contributed by atoms with Gasteiger partial charge < -0.3 is 5.73 Å². The summed E-state index contributed by atoms with van der Waals surface area (Å²) in [6, 6.07) is 6.36. The number of aromatic nitrogens is 2. The molecule has 1 aromatic heterocycles. The first-order valence-corrected chi connectivity index (χ1v) is 6.13. The van der Waals surface area contributed by atoms with E-state index in [-0.39, 0.29) is 17.9 Å². The minimum atomic E-state index is -0.237. The molecule has 18 heavy (non-hydrogen) atoms. The number of hydrogen-bond donors (Lipinski definition) is 1. The lowest BCUT2D eigenvalue weighted by Crippen LogP contribution is -2.32. The first kappa shape index (κ1) is 12.8. The highest BCUT2D eigenvalue weighted by atomic mass is 19.1. The highest BCUT2D eigenvalue weighted by Gasteiger charge is 2.21. The van der Waals surface area contributed by atoms with Crippen LogP contribution in [0.1, 0.15) is 30.5 Å². The Hall–Kier alpha value is -1.68. The van der Waals surface area contributed by atoms with Gasteiger partial charge in [0, 0.05) is 12.2 Å². The summed E-state index contributed by atoms with van der Waals surface area (Å²) in [6.45, 7) is 4.03. The molecule has 96 valence electrons. The third kappa shape index (κ3) is 2.59. The summed E-state index contributed by atoms with van der Waals surface area (Å²) in [7, 11) is 0. The van der Waals surface area contributed by atoms with Crippen LogP contribution in [0, 0.1) is 12.7 Å². The number of nitrogens with zero attached hydrogens (tertiary/aromatic N) is 2. The van der Waals surface area contributed by atoms with Crippen LogP contribution >= 0.6 is 0 Å². The molecule has 2 N–H and O–H groups in total. The number of rotatable bonds is 4. The average Bonchev–Trinajstić information content (AvgIpc) is 2.78. The first-order chi connectivity index (χ1) is 8.61. The van der Waals surface area contributed by atoms with E-state index in [4.69, 9.17) is 5.73 Å². The molecule has 2 unspecified atom stereocenters. The molecule has 2 atom stereocenters. The second-order valence-corrected chi connectivity index (χ2v) is 4.57. The SMILES string of the molecule is CCC(N)C(c1ccc(F)cc1)n1cc(C)cn1. The number of aryl methyl sites for hydroxylation is 1. The highest BCUT2D eigenvalue weighted by Crippen LogP contribution is 2.22. The molecule has 2 rings (SSSR count).